The highest BCUT2D eigenvalue weighted by atomic mass is 16.6. The minimum Gasteiger partial charge on any atom is -0.490 e. The second-order valence-corrected chi connectivity index (χ2v) is 5.82. The van der Waals surface area contributed by atoms with Crippen LogP contribution >= 0.6 is 0 Å². The van der Waals surface area contributed by atoms with Crippen molar-refractivity contribution < 1.29 is 23.5 Å². The molecule has 7 nitrogen and oxygen atoms in total. The summed E-state index contributed by atoms with van der Waals surface area (Å²) in [6.45, 7) is 3.82. The van der Waals surface area contributed by atoms with Gasteiger partial charge in [-0.2, -0.15) is 5.26 Å². The van der Waals surface area contributed by atoms with Gasteiger partial charge in [0.05, 0.1) is 17.9 Å². The van der Waals surface area contributed by atoms with Crippen LogP contribution in [0.5, 0.6) is 5.75 Å². The molecule has 1 N–H and O–H groups in total. The predicted octanol–water partition coefficient (Wildman–Crippen LogP) is 2.53. The first-order chi connectivity index (χ1) is 12.5. The highest BCUT2D eigenvalue weighted by Crippen LogP contribution is 2.11. The molecule has 2 aromatic rings. The van der Waals surface area contributed by atoms with Gasteiger partial charge >= 0.3 is 5.97 Å². The fourth-order valence-electron chi connectivity index (χ4n) is 2.14. The lowest BCUT2D eigenvalue weighted by molar-refractivity contribution is -0.147. The van der Waals surface area contributed by atoms with Crippen molar-refractivity contribution in [2.45, 2.75) is 19.9 Å². The van der Waals surface area contributed by atoms with Crippen LogP contribution in [-0.4, -0.2) is 31.1 Å². The van der Waals surface area contributed by atoms with Crippen LogP contribution in [0.4, 0.5) is 0 Å². The number of esters is 1. The SMILES string of the molecule is CC(C)[C@H](NC(=O)c1ccco1)C(=O)OCCOc1ccc(C#N)cc1. The summed E-state index contributed by atoms with van der Waals surface area (Å²) in [4.78, 5) is 24.3. The number of carbonyl (C=O) groups excluding carboxylic acids is 2. The topological polar surface area (TPSA) is 102 Å². The van der Waals surface area contributed by atoms with Gasteiger partial charge in [-0.05, 0) is 42.3 Å². The zero-order valence-corrected chi connectivity index (χ0v) is 14.6. The minimum absolute atomic E-state index is 0.0404. The Bertz CT molecular complexity index is 760. The third-order valence-corrected chi connectivity index (χ3v) is 3.53. The lowest BCUT2D eigenvalue weighted by Crippen LogP contribution is -2.45. The average molecular weight is 356 g/mol. The number of ether oxygens (including phenoxy) is 2. The third kappa shape index (κ3) is 5.38. The van der Waals surface area contributed by atoms with Crippen LogP contribution in [0.2, 0.25) is 0 Å². The van der Waals surface area contributed by atoms with Crippen molar-refractivity contribution in [2.75, 3.05) is 13.2 Å². The molecule has 0 radical (unpaired) electrons. The Morgan fingerprint density at radius 1 is 1.19 bits per heavy atom. The van der Waals surface area contributed by atoms with Crippen LogP contribution in [0.25, 0.3) is 0 Å². The fourth-order valence-corrected chi connectivity index (χ4v) is 2.14. The third-order valence-electron chi connectivity index (χ3n) is 3.53. The van der Waals surface area contributed by atoms with E-state index in [2.05, 4.69) is 5.32 Å². The molecular formula is C19H20N2O5. The summed E-state index contributed by atoms with van der Waals surface area (Å²) in [5.74, 6) is -0.456. The molecule has 26 heavy (non-hydrogen) atoms. The molecule has 0 aliphatic carbocycles. The number of nitrogens with zero attached hydrogens (tertiary/aromatic N) is 1. The van der Waals surface area contributed by atoms with Crippen molar-refractivity contribution in [3.8, 4) is 11.8 Å². The van der Waals surface area contributed by atoms with Gasteiger partial charge in [-0.25, -0.2) is 4.79 Å². The Hall–Kier alpha value is -3.27. The number of nitrogens with one attached hydrogen (secondary N) is 1. The van der Waals surface area contributed by atoms with Gasteiger partial charge in [0.25, 0.3) is 5.91 Å². The summed E-state index contributed by atoms with van der Waals surface area (Å²) in [5, 5.41) is 11.4. The Morgan fingerprint density at radius 2 is 1.92 bits per heavy atom. The molecule has 7 heteroatoms. The van der Waals surface area contributed by atoms with Crippen molar-refractivity contribution in [3.63, 3.8) is 0 Å². The van der Waals surface area contributed by atoms with Crippen LogP contribution in [0.15, 0.2) is 47.1 Å². The van der Waals surface area contributed by atoms with E-state index in [0.29, 0.717) is 11.3 Å². The maximum Gasteiger partial charge on any atom is 0.329 e. The molecule has 0 unspecified atom stereocenters. The van der Waals surface area contributed by atoms with E-state index in [0.717, 1.165) is 0 Å². The Balaban J connectivity index is 1.79. The molecule has 0 spiro atoms. The smallest absolute Gasteiger partial charge is 0.329 e. The van der Waals surface area contributed by atoms with E-state index < -0.39 is 17.9 Å². The lowest BCUT2D eigenvalue weighted by atomic mass is 10.0. The standard InChI is InChI=1S/C19H20N2O5/c1-13(2)17(21-18(22)16-4-3-9-25-16)19(23)26-11-10-24-15-7-5-14(12-20)6-8-15/h3-9,13,17H,10-11H2,1-2H3,(H,21,22)/t17-/m0/s1. The number of carbonyl (C=O) groups is 2. The summed E-state index contributed by atoms with van der Waals surface area (Å²) in [7, 11) is 0. The minimum atomic E-state index is -0.789. The van der Waals surface area contributed by atoms with Gasteiger partial charge in [-0.15, -0.1) is 0 Å². The Labute approximate surface area is 151 Å². The van der Waals surface area contributed by atoms with Crippen molar-refractivity contribution in [1.82, 2.24) is 5.32 Å². The fraction of sp³-hybridized carbons (Fsp3) is 0.316. The number of rotatable bonds is 8. The zero-order chi connectivity index (χ0) is 18.9. The molecule has 2 rings (SSSR count). The molecule has 1 heterocycles. The predicted molar refractivity (Wildman–Crippen MR) is 92.4 cm³/mol. The number of amides is 1. The van der Waals surface area contributed by atoms with E-state index in [1.807, 2.05) is 19.9 Å². The van der Waals surface area contributed by atoms with Crippen LogP contribution in [0.3, 0.4) is 0 Å². The average Bonchev–Trinajstić information content (AvgIpc) is 3.18. The monoisotopic (exact) mass is 356 g/mol. The van der Waals surface area contributed by atoms with Gasteiger partial charge in [0.1, 0.15) is 25.0 Å². The maximum atomic E-state index is 12.2. The summed E-state index contributed by atoms with van der Waals surface area (Å²) < 4.78 is 15.7. The summed E-state index contributed by atoms with van der Waals surface area (Å²) in [6, 6.07) is 11.0. The zero-order valence-electron chi connectivity index (χ0n) is 14.6. The highest BCUT2D eigenvalue weighted by Gasteiger charge is 2.26. The summed E-state index contributed by atoms with van der Waals surface area (Å²) >= 11 is 0. The number of hydrogen-bond acceptors (Lipinski definition) is 6. The van der Waals surface area contributed by atoms with Gasteiger partial charge in [0.15, 0.2) is 5.76 Å². The number of benzene rings is 1. The van der Waals surface area contributed by atoms with Gasteiger partial charge in [-0.1, -0.05) is 13.8 Å². The van der Waals surface area contributed by atoms with E-state index in [1.54, 1.807) is 30.3 Å². The van der Waals surface area contributed by atoms with Crippen LogP contribution in [0, 0.1) is 17.2 Å². The summed E-state index contributed by atoms with van der Waals surface area (Å²) in [5.41, 5.74) is 0.538. The highest BCUT2D eigenvalue weighted by molar-refractivity contribution is 5.94. The molecule has 1 aromatic carbocycles. The van der Waals surface area contributed by atoms with Gasteiger partial charge in [0.2, 0.25) is 0 Å². The van der Waals surface area contributed by atoms with E-state index in [-0.39, 0.29) is 24.9 Å². The van der Waals surface area contributed by atoms with Gasteiger partial charge < -0.3 is 19.2 Å². The molecule has 0 aliphatic heterocycles. The van der Waals surface area contributed by atoms with Crippen LogP contribution < -0.4 is 10.1 Å². The van der Waals surface area contributed by atoms with Crippen molar-refractivity contribution in [3.05, 3.63) is 54.0 Å². The van der Waals surface area contributed by atoms with Crippen LogP contribution in [0.1, 0.15) is 30.0 Å². The molecule has 0 saturated carbocycles. The molecule has 1 atom stereocenters. The first kappa shape index (κ1) is 19.1. The quantitative estimate of drug-likeness (QED) is 0.576. The molecule has 0 aliphatic rings. The molecule has 0 fully saturated rings. The molecule has 1 amide bonds. The number of hydrogen-bond donors (Lipinski definition) is 1. The van der Waals surface area contributed by atoms with E-state index in [1.165, 1.54) is 12.3 Å². The van der Waals surface area contributed by atoms with E-state index in [9.17, 15) is 9.59 Å². The maximum absolute atomic E-state index is 12.2. The molecular weight excluding hydrogens is 336 g/mol. The second kappa shape index (κ2) is 9.28. The van der Waals surface area contributed by atoms with Crippen LogP contribution in [-0.2, 0) is 9.53 Å². The second-order valence-electron chi connectivity index (χ2n) is 5.82. The van der Waals surface area contributed by atoms with E-state index >= 15 is 0 Å². The van der Waals surface area contributed by atoms with Gasteiger partial charge in [0, 0.05) is 0 Å². The van der Waals surface area contributed by atoms with Crippen molar-refractivity contribution in [2.24, 2.45) is 5.92 Å². The first-order valence-electron chi connectivity index (χ1n) is 8.15. The normalized spacial score (nSPS) is 11.5. The van der Waals surface area contributed by atoms with E-state index in [4.69, 9.17) is 19.2 Å². The summed E-state index contributed by atoms with van der Waals surface area (Å²) in [6.07, 6.45) is 1.39. The molecule has 0 saturated heterocycles. The Kier molecular flexibility index (Phi) is 6.80. The first-order valence-corrected chi connectivity index (χ1v) is 8.15. The van der Waals surface area contributed by atoms with Crippen molar-refractivity contribution in [1.29, 1.82) is 5.26 Å². The lowest BCUT2D eigenvalue weighted by Gasteiger charge is -2.20. The number of furan rings is 1. The van der Waals surface area contributed by atoms with Gasteiger partial charge in [-0.3, -0.25) is 4.79 Å². The van der Waals surface area contributed by atoms with Crippen molar-refractivity contribution >= 4 is 11.9 Å². The molecule has 136 valence electrons. The largest absolute Gasteiger partial charge is 0.490 e. The Morgan fingerprint density at radius 3 is 2.50 bits per heavy atom. The molecule has 0 bridgehead atoms. The number of nitriles is 1. The molecule has 1 aromatic heterocycles.